The fourth-order valence-electron chi connectivity index (χ4n) is 2.71. The quantitative estimate of drug-likeness (QED) is 0.302. The third-order valence-electron chi connectivity index (χ3n) is 4.32. The van der Waals surface area contributed by atoms with Crippen LogP contribution in [0.2, 0.25) is 0 Å². The van der Waals surface area contributed by atoms with Crippen LogP contribution in [0.5, 0.6) is 0 Å². The molecule has 11 nitrogen and oxygen atoms in total. The molecule has 31 heavy (non-hydrogen) atoms. The summed E-state index contributed by atoms with van der Waals surface area (Å²) in [6.07, 6.45) is 0.682. The van der Waals surface area contributed by atoms with E-state index in [1.165, 1.54) is 4.90 Å². The fourth-order valence-corrected chi connectivity index (χ4v) is 2.71. The lowest BCUT2D eigenvalue weighted by atomic mass is 10.1. The Balaban J connectivity index is 2.55. The van der Waals surface area contributed by atoms with Crippen molar-refractivity contribution >= 4 is 24.1 Å². The van der Waals surface area contributed by atoms with Crippen molar-refractivity contribution in [1.82, 2.24) is 25.8 Å². The minimum Gasteiger partial charge on any atom is -0.450 e. The van der Waals surface area contributed by atoms with Gasteiger partial charge in [-0.3, -0.25) is 4.79 Å². The van der Waals surface area contributed by atoms with Gasteiger partial charge >= 0.3 is 12.2 Å². The highest BCUT2D eigenvalue weighted by atomic mass is 16.6. The van der Waals surface area contributed by atoms with Gasteiger partial charge in [0.05, 0.1) is 6.61 Å². The number of piperidine rings is 1. The molecule has 3 N–H and O–H groups in total. The predicted octanol–water partition coefficient (Wildman–Crippen LogP) is 0.755. The molecule has 1 aliphatic rings. The number of amides is 3. The van der Waals surface area contributed by atoms with Crippen molar-refractivity contribution in [1.29, 1.82) is 0 Å². The molecule has 0 aromatic carbocycles. The average Bonchev–Trinajstić information content (AvgIpc) is 2.68. The number of hydrogen-bond donors (Lipinski definition) is 3. The summed E-state index contributed by atoms with van der Waals surface area (Å²) in [6, 6.07) is 0.102. The lowest BCUT2D eigenvalue weighted by Crippen LogP contribution is -2.51. The Morgan fingerprint density at radius 3 is 2.26 bits per heavy atom. The van der Waals surface area contributed by atoms with Crippen LogP contribution in [0.15, 0.2) is 4.99 Å². The van der Waals surface area contributed by atoms with E-state index < -0.39 is 11.7 Å². The Kier molecular flexibility index (Phi) is 10.9. The second kappa shape index (κ2) is 12.9. The number of nitrogens with zero attached hydrogens (tertiary/aromatic N) is 3. The molecule has 0 aliphatic carbocycles. The number of likely N-dealkylation sites (N-methyl/N-ethyl adjacent to an activating group) is 1. The second-order valence-electron chi connectivity index (χ2n) is 8.41. The first-order valence-corrected chi connectivity index (χ1v) is 10.7. The smallest absolute Gasteiger partial charge is 0.409 e. The maximum Gasteiger partial charge on any atom is 0.409 e. The van der Waals surface area contributed by atoms with E-state index in [1.807, 2.05) is 0 Å². The molecule has 1 fully saturated rings. The SMILES string of the molecule is CCOC(=O)N1CCC(NC(=NCC(=O)N(C)C)NCCNC(=O)OC(C)(C)C)CC1. The molecule has 178 valence electrons. The highest BCUT2D eigenvalue weighted by Crippen LogP contribution is 2.11. The van der Waals surface area contributed by atoms with Crippen molar-refractivity contribution in [2.24, 2.45) is 4.99 Å². The molecule has 0 spiro atoms. The molecule has 0 aromatic heterocycles. The number of carbonyl (C=O) groups is 3. The molecule has 3 amide bonds. The number of likely N-dealkylation sites (tertiary alicyclic amines) is 1. The Morgan fingerprint density at radius 2 is 1.71 bits per heavy atom. The molecule has 1 aliphatic heterocycles. The van der Waals surface area contributed by atoms with Crippen LogP contribution in [-0.2, 0) is 14.3 Å². The fraction of sp³-hybridized carbons (Fsp3) is 0.800. The third-order valence-corrected chi connectivity index (χ3v) is 4.32. The van der Waals surface area contributed by atoms with Gasteiger partial charge in [-0.1, -0.05) is 0 Å². The zero-order valence-corrected chi connectivity index (χ0v) is 19.6. The van der Waals surface area contributed by atoms with Crippen molar-refractivity contribution in [2.45, 2.75) is 52.2 Å². The van der Waals surface area contributed by atoms with Gasteiger partial charge in [0, 0.05) is 46.3 Å². The summed E-state index contributed by atoms with van der Waals surface area (Å²) >= 11 is 0. The third kappa shape index (κ3) is 11.3. The highest BCUT2D eigenvalue weighted by Gasteiger charge is 2.24. The van der Waals surface area contributed by atoms with Gasteiger partial charge < -0.3 is 35.2 Å². The lowest BCUT2D eigenvalue weighted by Gasteiger charge is -2.32. The number of hydrogen-bond acceptors (Lipinski definition) is 6. The van der Waals surface area contributed by atoms with Crippen LogP contribution in [0.3, 0.4) is 0 Å². The molecular formula is C20H38N6O5. The van der Waals surface area contributed by atoms with Gasteiger partial charge in [0.25, 0.3) is 0 Å². The number of alkyl carbamates (subject to hydrolysis) is 1. The van der Waals surface area contributed by atoms with Gasteiger partial charge in [0.15, 0.2) is 5.96 Å². The van der Waals surface area contributed by atoms with Crippen molar-refractivity contribution < 1.29 is 23.9 Å². The van der Waals surface area contributed by atoms with Crippen molar-refractivity contribution in [3.05, 3.63) is 0 Å². The number of nitrogens with one attached hydrogen (secondary N) is 3. The van der Waals surface area contributed by atoms with Crippen LogP contribution in [0.1, 0.15) is 40.5 Å². The van der Waals surface area contributed by atoms with Crippen LogP contribution in [0, 0.1) is 0 Å². The molecule has 1 heterocycles. The summed E-state index contributed by atoms with van der Waals surface area (Å²) in [5.41, 5.74) is -0.559. The first kappa shape index (κ1) is 26.3. The largest absolute Gasteiger partial charge is 0.450 e. The van der Waals surface area contributed by atoms with Gasteiger partial charge in [0.2, 0.25) is 5.91 Å². The summed E-state index contributed by atoms with van der Waals surface area (Å²) in [4.78, 5) is 43.0. The van der Waals surface area contributed by atoms with E-state index in [1.54, 1.807) is 46.7 Å². The maximum atomic E-state index is 11.9. The molecule has 1 rings (SSSR count). The zero-order valence-electron chi connectivity index (χ0n) is 19.6. The first-order chi connectivity index (χ1) is 14.5. The van der Waals surface area contributed by atoms with Gasteiger partial charge in [-0.2, -0.15) is 0 Å². The van der Waals surface area contributed by atoms with E-state index in [4.69, 9.17) is 9.47 Å². The van der Waals surface area contributed by atoms with Crippen LogP contribution in [-0.4, -0.2) is 98.9 Å². The van der Waals surface area contributed by atoms with E-state index in [-0.39, 0.29) is 24.6 Å². The Hall–Kier alpha value is -2.72. The standard InChI is InChI=1S/C20H38N6O5/c1-7-30-19(29)26-12-8-15(9-13-26)24-17(23-14-16(27)25(5)6)21-10-11-22-18(28)31-20(2,3)4/h15H,7-14H2,1-6H3,(H,22,28)(H2,21,23,24). The van der Waals surface area contributed by atoms with Crippen LogP contribution in [0.25, 0.3) is 0 Å². The number of carbonyl (C=O) groups excluding carboxylic acids is 3. The molecule has 0 unspecified atom stereocenters. The molecule has 0 saturated carbocycles. The normalized spacial score (nSPS) is 15.2. The maximum absolute atomic E-state index is 11.9. The molecular weight excluding hydrogens is 404 g/mol. The van der Waals surface area contributed by atoms with Crippen LogP contribution in [0.4, 0.5) is 9.59 Å². The number of ether oxygens (including phenoxy) is 2. The van der Waals surface area contributed by atoms with Crippen molar-refractivity contribution in [2.75, 3.05) is 53.4 Å². The summed E-state index contributed by atoms with van der Waals surface area (Å²) in [6.45, 7) is 9.45. The Morgan fingerprint density at radius 1 is 1.10 bits per heavy atom. The molecule has 1 saturated heterocycles. The number of guanidine groups is 1. The molecule has 0 bridgehead atoms. The van der Waals surface area contributed by atoms with Crippen LogP contribution < -0.4 is 16.0 Å². The summed E-state index contributed by atoms with van der Waals surface area (Å²) in [5, 5.41) is 9.11. The van der Waals surface area contributed by atoms with Gasteiger partial charge in [-0.25, -0.2) is 14.6 Å². The van der Waals surface area contributed by atoms with Crippen LogP contribution >= 0.6 is 0 Å². The number of aliphatic imine (C=N–C) groups is 1. The lowest BCUT2D eigenvalue weighted by molar-refractivity contribution is -0.127. The van der Waals surface area contributed by atoms with E-state index in [2.05, 4.69) is 20.9 Å². The molecule has 0 aromatic rings. The minimum atomic E-state index is -0.559. The summed E-state index contributed by atoms with van der Waals surface area (Å²) in [7, 11) is 3.35. The van der Waals surface area contributed by atoms with Gasteiger partial charge in [-0.15, -0.1) is 0 Å². The van der Waals surface area contributed by atoms with E-state index in [0.717, 1.165) is 12.8 Å². The first-order valence-electron chi connectivity index (χ1n) is 10.7. The second-order valence-corrected chi connectivity index (χ2v) is 8.41. The van der Waals surface area contributed by atoms with Gasteiger partial charge in [0.1, 0.15) is 12.1 Å². The molecule has 0 atom stereocenters. The summed E-state index contributed by atoms with van der Waals surface area (Å²) in [5.74, 6) is 0.362. The zero-order chi connectivity index (χ0) is 23.4. The Bertz CT molecular complexity index is 624. The van der Waals surface area contributed by atoms with E-state index in [0.29, 0.717) is 38.7 Å². The topological polar surface area (TPSA) is 125 Å². The summed E-state index contributed by atoms with van der Waals surface area (Å²) < 4.78 is 10.2. The monoisotopic (exact) mass is 442 g/mol. The highest BCUT2D eigenvalue weighted by molar-refractivity contribution is 5.85. The van der Waals surface area contributed by atoms with Crippen molar-refractivity contribution in [3.8, 4) is 0 Å². The molecule has 11 heteroatoms. The van der Waals surface area contributed by atoms with Gasteiger partial charge in [-0.05, 0) is 40.5 Å². The van der Waals surface area contributed by atoms with E-state index >= 15 is 0 Å². The Labute approximate surface area is 184 Å². The number of rotatable bonds is 7. The average molecular weight is 443 g/mol. The minimum absolute atomic E-state index is 0.00347. The predicted molar refractivity (Wildman–Crippen MR) is 118 cm³/mol. The molecule has 0 radical (unpaired) electrons. The van der Waals surface area contributed by atoms with E-state index in [9.17, 15) is 14.4 Å². The van der Waals surface area contributed by atoms with Crippen molar-refractivity contribution in [3.63, 3.8) is 0 Å².